The van der Waals surface area contributed by atoms with E-state index < -0.39 is 0 Å². The first-order valence-corrected chi connectivity index (χ1v) is 5.99. The highest BCUT2D eigenvalue weighted by Gasteiger charge is 2.14. The second-order valence-electron chi connectivity index (χ2n) is 3.55. The molecule has 3 heteroatoms. The summed E-state index contributed by atoms with van der Waals surface area (Å²) in [6.45, 7) is 2.84. The molecule has 0 aliphatic carbocycles. The van der Waals surface area contributed by atoms with Crippen LogP contribution in [0.5, 0.6) is 0 Å². The van der Waals surface area contributed by atoms with E-state index in [4.69, 9.17) is 4.74 Å². The van der Waals surface area contributed by atoms with Gasteiger partial charge in [0.25, 0.3) is 0 Å². The minimum absolute atomic E-state index is 0.411. The average Bonchev–Trinajstić information content (AvgIpc) is 2.70. The molecular formula is C11H14INO. The molecule has 2 rings (SSSR count). The van der Waals surface area contributed by atoms with Crippen LogP contribution in [0, 0.1) is 3.57 Å². The zero-order valence-corrected chi connectivity index (χ0v) is 10.2. The fraction of sp³-hybridized carbons (Fsp3) is 0.455. The highest BCUT2D eigenvalue weighted by molar-refractivity contribution is 14.1. The molecule has 1 atom stereocenters. The number of halogens is 1. The molecule has 14 heavy (non-hydrogen) atoms. The zero-order chi connectivity index (χ0) is 9.80. The maximum absolute atomic E-state index is 5.76. The van der Waals surface area contributed by atoms with Gasteiger partial charge in [-0.2, -0.15) is 0 Å². The van der Waals surface area contributed by atoms with E-state index in [1.54, 1.807) is 0 Å². The van der Waals surface area contributed by atoms with Gasteiger partial charge < -0.3 is 10.1 Å². The second kappa shape index (κ2) is 5.09. The molecule has 1 saturated heterocycles. The topological polar surface area (TPSA) is 21.3 Å². The van der Waals surface area contributed by atoms with Gasteiger partial charge in [0.05, 0.1) is 12.7 Å². The molecule has 0 bridgehead atoms. The van der Waals surface area contributed by atoms with Crippen molar-refractivity contribution < 1.29 is 4.74 Å². The van der Waals surface area contributed by atoms with Crippen molar-refractivity contribution in [3.63, 3.8) is 0 Å². The third-order valence-corrected chi connectivity index (χ3v) is 3.13. The first-order valence-electron chi connectivity index (χ1n) is 4.91. The summed E-state index contributed by atoms with van der Waals surface area (Å²) in [4.78, 5) is 0. The van der Waals surface area contributed by atoms with E-state index in [1.165, 1.54) is 9.13 Å². The predicted octanol–water partition coefficient (Wildman–Crippen LogP) is 2.17. The quantitative estimate of drug-likeness (QED) is 0.864. The van der Waals surface area contributed by atoms with E-state index in [-0.39, 0.29) is 0 Å². The van der Waals surface area contributed by atoms with Crippen molar-refractivity contribution in [3.8, 4) is 0 Å². The Kier molecular flexibility index (Phi) is 3.78. The Hall–Kier alpha value is -0.130. The smallest absolute Gasteiger partial charge is 0.0721 e. The molecule has 0 radical (unpaired) electrons. The van der Waals surface area contributed by atoms with Crippen LogP contribution in [-0.2, 0) is 11.3 Å². The van der Waals surface area contributed by atoms with Crippen LogP contribution in [0.1, 0.15) is 12.0 Å². The number of hydrogen-bond donors (Lipinski definition) is 1. The van der Waals surface area contributed by atoms with E-state index in [9.17, 15) is 0 Å². The van der Waals surface area contributed by atoms with Crippen LogP contribution in [0.4, 0.5) is 0 Å². The van der Waals surface area contributed by atoms with Crippen molar-refractivity contribution in [2.45, 2.75) is 19.1 Å². The van der Waals surface area contributed by atoms with Crippen molar-refractivity contribution in [2.75, 3.05) is 13.1 Å². The molecule has 1 aromatic rings. The molecule has 0 spiro atoms. The first kappa shape index (κ1) is 10.4. The molecule has 76 valence electrons. The maximum atomic E-state index is 5.76. The third-order valence-electron chi connectivity index (χ3n) is 2.41. The van der Waals surface area contributed by atoms with Crippen LogP contribution < -0.4 is 5.32 Å². The molecule has 1 aliphatic rings. The lowest BCUT2D eigenvalue weighted by Gasteiger charge is -2.10. The normalized spacial score (nSPS) is 21.4. The monoisotopic (exact) mass is 303 g/mol. The van der Waals surface area contributed by atoms with Crippen molar-refractivity contribution in [1.82, 2.24) is 5.32 Å². The highest BCUT2D eigenvalue weighted by atomic mass is 127. The minimum Gasteiger partial charge on any atom is -0.372 e. The van der Waals surface area contributed by atoms with E-state index in [0.29, 0.717) is 6.10 Å². The third kappa shape index (κ3) is 2.93. The van der Waals surface area contributed by atoms with Crippen LogP contribution in [0.15, 0.2) is 24.3 Å². The predicted molar refractivity (Wildman–Crippen MR) is 65.2 cm³/mol. The van der Waals surface area contributed by atoms with Crippen molar-refractivity contribution in [2.24, 2.45) is 0 Å². The number of benzene rings is 1. The summed E-state index contributed by atoms with van der Waals surface area (Å²) in [5.41, 5.74) is 1.26. The largest absolute Gasteiger partial charge is 0.372 e. The maximum Gasteiger partial charge on any atom is 0.0721 e. The van der Waals surface area contributed by atoms with Gasteiger partial charge in [-0.3, -0.25) is 0 Å². The van der Waals surface area contributed by atoms with Crippen molar-refractivity contribution >= 4 is 22.6 Å². The molecule has 1 fully saturated rings. The van der Waals surface area contributed by atoms with Crippen LogP contribution in [0.3, 0.4) is 0 Å². The molecule has 1 aliphatic heterocycles. The van der Waals surface area contributed by atoms with E-state index in [2.05, 4.69) is 52.2 Å². The molecule has 1 N–H and O–H groups in total. The van der Waals surface area contributed by atoms with Crippen LogP contribution in [0.25, 0.3) is 0 Å². The molecule has 0 amide bonds. The van der Waals surface area contributed by atoms with Gasteiger partial charge in [0.2, 0.25) is 0 Å². The first-order chi connectivity index (χ1) is 6.84. The molecule has 1 aromatic carbocycles. The van der Waals surface area contributed by atoms with Crippen LogP contribution >= 0.6 is 22.6 Å². The fourth-order valence-corrected chi connectivity index (χ4v) is 1.92. The minimum atomic E-state index is 0.411. The molecule has 2 nitrogen and oxygen atoms in total. The van der Waals surface area contributed by atoms with Gasteiger partial charge in [-0.25, -0.2) is 0 Å². The lowest BCUT2D eigenvalue weighted by Crippen LogP contribution is -2.16. The van der Waals surface area contributed by atoms with Crippen LogP contribution in [-0.4, -0.2) is 19.2 Å². The van der Waals surface area contributed by atoms with E-state index >= 15 is 0 Å². The summed E-state index contributed by atoms with van der Waals surface area (Å²) < 4.78 is 7.04. The molecule has 1 unspecified atom stereocenters. The number of nitrogens with one attached hydrogen (secondary N) is 1. The summed E-state index contributed by atoms with van der Waals surface area (Å²) in [5, 5.41) is 3.29. The Balaban J connectivity index is 1.82. The Bertz CT molecular complexity index is 280. The van der Waals surface area contributed by atoms with Gasteiger partial charge in [0.1, 0.15) is 0 Å². The lowest BCUT2D eigenvalue weighted by molar-refractivity contribution is 0.0542. The van der Waals surface area contributed by atoms with Crippen LogP contribution in [0.2, 0.25) is 0 Å². The molecule has 0 aromatic heterocycles. The number of hydrogen-bond acceptors (Lipinski definition) is 2. The van der Waals surface area contributed by atoms with Gasteiger partial charge in [-0.1, -0.05) is 12.1 Å². The van der Waals surface area contributed by atoms with Gasteiger partial charge in [-0.05, 0) is 53.3 Å². The van der Waals surface area contributed by atoms with Gasteiger partial charge in [0, 0.05) is 10.1 Å². The summed E-state index contributed by atoms with van der Waals surface area (Å²) in [5.74, 6) is 0. The lowest BCUT2D eigenvalue weighted by atomic mass is 10.2. The van der Waals surface area contributed by atoms with Gasteiger partial charge in [0.15, 0.2) is 0 Å². The summed E-state index contributed by atoms with van der Waals surface area (Å²) in [7, 11) is 0. The highest BCUT2D eigenvalue weighted by Crippen LogP contribution is 2.10. The second-order valence-corrected chi connectivity index (χ2v) is 4.80. The number of rotatable bonds is 3. The molecule has 0 saturated carbocycles. The average molecular weight is 303 g/mol. The van der Waals surface area contributed by atoms with Gasteiger partial charge in [-0.15, -0.1) is 0 Å². The van der Waals surface area contributed by atoms with E-state index in [1.807, 2.05) is 0 Å². The van der Waals surface area contributed by atoms with Crippen molar-refractivity contribution in [3.05, 3.63) is 33.4 Å². The Labute approximate surface area is 98.2 Å². The SMILES string of the molecule is Ic1ccc(COC2CCNC2)cc1. The fourth-order valence-electron chi connectivity index (χ4n) is 1.57. The summed E-state index contributed by atoms with van der Waals surface area (Å²) >= 11 is 2.31. The zero-order valence-electron chi connectivity index (χ0n) is 8.00. The van der Waals surface area contributed by atoms with Gasteiger partial charge >= 0.3 is 0 Å². The molecule has 1 heterocycles. The molecular weight excluding hydrogens is 289 g/mol. The Morgan fingerprint density at radius 3 is 2.79 bits per heavy atom. The summed E-state index contributed by atoms with van der Waals surface area (Å²) in [6.07, 6.45) is 1.55. The standard InChI is InChI=1S/C11H14INO/c12-10-3-1-9(2-4-10)8-14-11-5-6-13-7-11/h1-4,11,13H,5-8H2. The van der Waals surface area contributed by atoms with Crippen molar-refractivity contribution in [1.29, 1.82) is 0 Å². The summed E-state index contributed by atoms with van der Waals surface area (Å²) in [6, 6.07) is 8.49. The van der Waals surface area contributed by atoms with E-state index in [0.717, 1.165) is 26.1 Å². The number of ether oxygens (including phenoxy) is 1. The Morgan fingerprint density at radius 2 is 2.14 bits per heavy atom. The Morgan fingerprint density at radius 1 is 1.36 bits per heavy atom.